The number of rotatable bonds is 4. The number of nitrogens with zero attached hydrogens (tertiary/aromatic N) is 7. The Kier molecular flexibility index (Phi) is 8.42. The first-order valence-corrected chi connectivity index (χ1v) is 14.8. The topological polar surface area (TPSA) is 113 Å². The molecule has 1 aliphatic rings. The number of carbonyl (C=O) groups excluding carboxylic acids is 1. The van der Waals surface area contributed by atoms with E-state index < -0.39 is 42.0 Å². The van der Waals surface area contributed by atoms with E-state index in [1.807, 2.05) is 0 Å². The molecule has 2 bridgehead atoms. The SMILES string of the molecule is C[C@@H]1CCC[C@H](n2cc(F)c(-c3cc(Cl)ccc3-n3cc(Cl)nn3)cc2=O)c2cc(ccn2)-c2c(cnn2CC(F)(F)F)NC1=O. The number of benzene rings is 1. The molecule has 238 valence electrons. The van der Waals surface area contributed by atoms with Gasteiger partial charge in [-0.2, -0.15) is 18.3 Å². The van der Waals surface area contributed by atoms with Crippen molar-refractivity contribution in [2.24, 2.45) is 5.92 Å². The number of hydrogen-bond acceptors (Lipinski definition) is 6. The second-order valence-corrected chi connectivity index (χ2v) is 11.7. The van der Waals surface area contributed by atoms with Gasteiger partial charge in [-0.05, 0) is 43.2 Å². The fraction of sp³-hybridized carbons (Fsp3) is 0.267. The molecular weight excluding hydrogens is 651 g/mol. The van der Waals surface area contributed by atoms with Gasteiger partial charge in [-0.1, -0.05) is 41.8 Å². The molecule has 16 heteroatoms. The minimum Gasteiger partial charge on any atom is -0.323 e. The summed E-state index contributed by atoms with van der Waals surface area (Å²) in [6, 6.07) is 7.98. The predicted molar refractivity (Wildman–Crippen MR) is 162 cm³/mol. The monoisotopic (exact) mass is 674 g/mol. The van der Waals surface area contributed by atoms with E-state index in [0.717, 1.165) is 16.9 Å². The van der Waals surface area contributed by atoms with Crippen LogP contribution in [0, 0.1) is 11.7 Å². The van der Waals surface area contributed by atoms with Crippen molar-refractivity contribution in [1.29, 1.82) is 0 Å². The highest BCUT2D eigenvalue weighted by atomic mass is 35.5. The smallest absolute Gasteiger partial charge is 0.323 e. The molecule has 1 N–H and O–H groups in total. The molecule has 46 heavy (non-hydrogen) atoms. The first-order chi connectivity index (χ1) is 21.9. The second kappa shape index (κ2) is 12.3. The van der Waals surface area contributed by atoms with Crippen molar-refractivity contribution in [2.75, 3.05) is 5.32 Å². The number of aromatic nitrogens is 7. The summed E-state index contributed by atoms with van der Waals surface area (Å²) < 4.78 is 59.7. The summed E-state index contributed by atoms with van der Waals surface area (Å²) in [6.07, 6.45) is 1.57. The van der Waals surface area contributed by atoms with Crippen LogP contribution < -0.4 is 10.9 Å². The lowest BCUT2D eigenvalue weighted by Crippen LogP contribution is -2.27. The van der Waals surface area contributed by atoms with E-state index in [1.165, 1.54) is 46.0 Å². The Balaban J connectivity index is 1.47. The maximum Gasteiger partial charge on any atom is 0.408 e. The molecule has 1 aromatic carbocycles. The number of carbonyl (C=O) groups is 1. The van der Waals surface area contributed by atoms with Crippen molar-refractivity contribution in [3.8, 4) is 28.1 Å². The number of fused-ring (bicyclic) bond motifs is 4. The van der Waals surface area contributed by atoms with Crippen molar-refractivity contribution in [2.45, 2.75) is 44.9 Å². The summed E-state index contributed by atoms with van der Waals surface area (Å²) in [6.45, 7) is 0.298. The Morgan fingerprint density at radius 3 is 2.59 bits per heavy atom. The van der Waals surface area contributed by atoms with E-state index >= 15 is 4.39 Å². The molecular formula is C30H24Cl2F4N8O2. The lowest BCUT2D eigenvalue weighted by atomic mass is 9.96. The number of alkyl halides is 3. The summed E-state index contributed by atoms with van der Waals surface area (Å²) in [5.41, 5.74) is 0.741. The van der Waals surface area contributed by atoms with Gasteiger partial charge < -0.3 is 9.88 Å². The van der Waals surface area contributed by atoms with Gasteiger partial charge in [0, 0.05) is 46.1 Å². The third-order valence-electron chi connectivity index (χ3n) is 7.71. The highest BCUT2D eigenvalue weighted by Crippen LogP contribution is 2.35. The average Bonchev–Trinajstić information content (AvgIpc) is 3.60. The molecule has 10 nitrogen and oxygen atoms in total. The normalized spacial score (nSPS) is 17.2. The fourth-order valence-corrected chi connectivity index (χ4v) is 5.84. The number of amides is 1. The molecule has 5 aromatic rings. The van der Waals surface area contributed by atoms with Crippen LogP contribution >= 0.6 is 23.2 Å². The summed E-state index contributed by atoms with van der Waals surface area (Å²) in [5.74, 6) is -1.67. The average molecular weight is 675 g/mol. The van der Waals surface area contributed by atoms with Gasteiger partial charge in [0.25, 0.3) is 5.56 Å². The standard InChI is InChI=1S/C30H24Cl2F4N8O2/c1-16-3-2-4-25(22-9-17(7-8-37-22)28-23(39-29(16)46)12-38-44(28)15-30(34,35)36)42-13-21(33)19(11-27(42)45)20-10-18(31)5-6-24(20)43-14-26(32)40-41-43/h5-14,16,25H,2-4,15H2,1H3,(H,39,46)/t16-,25+/m1/s1. The number of hydrogen-bond donors (Lipinski definition) is 1. The number of nitrogens with one attached hydrogen (secondary N) is 1. The Hall–Kier alpha value is -4.56. The van der Waals surface area contributed by atoms with Crippen LogP contribution in [0.1, 0.15) is 37.9 Å². The zero-order chi connectivity index (χ0) is 32.7. The molecule has 0 saturated heterocycles. The van der Waals surface area contributed by atoms with Crippen LogP contribution in [0.25, 0.3) is 28.1 Å². The van der Waals surface area contributed by atoms with Crippen molar-refractivity contribution in [3.05, 3.63) is 93.2 Å². The van der Waals surface area contributed by atoms with Gasteiger partial charge in [0.05, 0.1) is 41.2 Å². The largest absolute Gasteiger partial charge is 0.408 e. The molecule has 0 unspecified atom stereocenters. The number of anilines is 1. The van der Waals surface area contributed by atoms with Gasteiger partial charge in [0.2, 0.25) is 5.91 Å². The molecule has 0 fully saturated rings. The zero-order valence-corrected chi connectivity index (χ0v) is 25.5. The van der Waals surface area contributed by atoms with Gasteiger partial charge >= 0.3 is 6.18 Å². The van der Waals surface area contributed by atoms with Gasteiger partial charge in [-0.3, -0.25) is 19.3 Å². The van der Waals surface area contributed by atoms with E-state index in [4.69, 9.17) is 23.2 Å². The Morgan fingerprint density at radius 2 is 1.85 bits per heavy atom. The fourth-order valence-electron chi connectivity index (χ4n) is 5.54. The van der Waals surface area contributed by atoms with E-state index in [0.29, 0.717) is 24.2 Å². The summed E-state index contributed by atoms with van der Waals surface area (Å²) in [4.78, 5) is 31.1. The van der Waals surface area contributed by atoms with Gasteiger partial charge in [0.1, 0.15) is 12.4 Å². The van der Waals surface area contributed by atoms with Crippen LogP contribution in [-0.2, 0) is 11.3 Å². The molecule has 1 amide bonds. The quantitative estimate of drug-likeness (QED) is 0.212. The molecule has 0 saturated carbocycles. The summed E-state index contributed by atoms with van der Waals surface area (Å²) in [5, 5.41) is 14.7. The van der Waals surface area contributed by atoms with Gasteiger partial charge in [-0.25, -0.2) is 9.07 Å². The molecule has 4 aromatic heterocycles. The molecule has 1 aliphatic heterocycles. The van der Waals surface area contributed by atoms with Gasteiger partial charge in [0.15, 0.2) is 5.15 Å². The van der Waals surface area contributed by atoms with Crippen molar-refractivity contribution in [3.63, 3.8) is 0 Å². The molecule has 5 heterocycles. The van der Waals surface area contributed by atoms with E-state index in [9.17, 15) is 22.8 Å². The van der Waals surface area contributed by atoms with Crippen molar-refractivity contribution in [1.82, 2.24) is 34.3 Å². The van der Waals surface area contributed by atoms with E-state index in [-0.39, 0.29) is 44.7 Å². The second-order valence-electron chi connectivity index (χ2n) is 10.9. The summed E-state index contributed by atoms with van der Waals surface area (Å²) >= 11 is 12.2. The Morgan fingerprint density at radius 1 is 1.04 bits per heavy atom. The molecule has 0 aliphatic carbocycles. The van der Waals surface area contributed by atoms with Crippen LogP contribution in [0.15, 0.2) is 66.0 Å². The van der Waals surface area contributed by atoms with Crippen LogP contribution in [-0.4, -0.2) is 46.4 Å². The highest BCUT2D eigenvalue weighted by molar-refractivity contribution is 6.31. The molecule has 6 rings (SSSR count). The maximum absolute atomic E-state index is 16.0. The Labute approximate surface area is 268 Å². The highest BCUT2D eigenvalue weighted by Gasteiger charge is 2.32. The first kappa shape index (κ1) is 31.4. The van der Waals surface area contributed by atoms with Crippen LogP contribution in [0.3, 0.4) is 0 Å². The minimum absolute atomic E-state index is 0.0245. The number of halogens is 6. The van der Waals surface area contributed by atoms with Crippen molar-refractivity contribution >= 4 is 34.8 Å². The summed E-state index contributed by atoms with van der Waals surface area (Å²) in [7, 11) is 0. The molecule has 2 atom stereocenters. The predicted octanol–water partition coefficient (Wildman–Crippen LogP) is 6.71. The third-order valence-corrected chi connectivity index (χ3v) is 8.12. The van der Waals surface area contributed by atoms with E-state index in [2.05, 4.69) is 25.7 Å². The van der Waals surface area contributed by atoms with E-state index in [1.54, 1.807) is 19.1 Å². The first-order valence-electron chi connectivity index (χ1n) is 14.1. The Bertz CT molecular complexity index is 2010. The lowest BCUT2D eigenvalue weighted by molar-refractivity contribution is -0.142. The zero-order valence-electron chi connectivity index (χ0n) is 24.0. The molecule has 0 spiro atoms. The van der Waals surface area contributed by atoms with Crippen LogP contribution in [0.2, 0.25) is 10.2 Å². The van der Waals surface area contributed by atoms with Crippen LogP contribution in [0.5, 0.6) is 0 Å². The minimum atomic E-state index is -4.59. The van der Waals surface area contributed by atoms with Crippen LogP contribution in [0.4, 0.5) is 23.2 Å². The lowest BCUT2D eigenvalue weighted by Gasteiger charge is -2.23. The third kappa shape index (κ3) is 6.40. The van der Waals surface area contributed by atoms with Gasteiger partial charge in [-0.15, -0.1) is 5.10 Å². The van der Waals surface area contributed by atoms with Crippen molar-refractivity contribution < 1.29 is 22.4 Å². The number of pyridine rings is 2. The maximum atomic E-state index is 16.0. The molecule has 0 radical (unpaired) electrons.